The summed E-state index contributed by atoms with van der Waals surface area (Å²) < 4.78 is 16.7. The molecule has 62 heavy (non-hydrogen) atoms. The standard InChI is InChI=1S/C56H90O6/c1-4-7-10-13-16-19-22-24-26-28-29-31-32-34-37-40-43-46-49-55(58)61-52-53(51-60-54(57)48-45-42-39-36-21-18-15-12-9-6-3)62-56(59)50-47-44-41-38-35-33-30-27-25-23-20-17-14-11-8-5-2/h8,11,15-20,22,24-29,31,33,35,53H,4-7,9-10,12-14,21,23,30,32,34,36-52H2,1-3H3/b11-8-,18-15-,19-16-,20-17-,24-22-,27-25-,28-26-,31-29-,35-33-. The van der Waals surface area contributed by atoms with Crippen molar-refractivity contribution >= 4 is 17.9 Å². The molecule has 6 nitrogen and oxygen atoms in total. The number of carbonyl (C=O) groups excluding carboxylic acids is 3. The second-order valence-corrected chi connectivity index (χ2v) is 16.1. The summed E-state index contributed by atoms with van der Waals surface area (Å²) >= 11 is 0. The minimum atomic E-state index is -0.810. The van der Waals surface area contributed by atoms with Gasteiger partial charge in [0, 0.05) is 19.3 Å². The minimum Gasteiger partial charge on any atom is -0.462 e. The molecule has 0 saturated heterocycles. The van der Waals surface area contributed by atoms with Crippen LogP contribution in [0.5, 0.6) is 0 Å². The molecule has 0 aromatic carbocycles. The lowest BCUT2D eigenvalue weighted by molar-refractivity contribution is -0.167. The van der Waals surface area contributed by atoms with E-state index in [0.717, 1.165) is 135 Å². The van der Waals surface area contributed by atoms with Crippen LogP contribution >= 0.6 is 0 Å². The summed E-state index contributed by atoms with van der Waals surface area (Å²) in [5.41, 5.74) is 0. The van der Waals surface area contributed by atoms with Crippen LogP contribution < -0.4 is 0 Å². The van der Waals surface area contributed by atoms with Crippen LogP contribution in [0.4, 0.5) is 0 Å². The quantitative estimate of drug-likeness (QED) is 0.0200. The van der Waals surface area contributed by atoms with E-state index in [0.29, 0.717) is 12.8 Å². The first-order valence-electron chi connectivity index (χ1n) is 24.9. The first kappa shape index (κ1) is 58.1. The third-order valence-corrected chi connectivity index (χ3v) is 10.1. The molecule has 6 heteroatoms. The zero-order chi connectivity index (χ0) is 45.1. The highest BCUT2D eigenvalue weighted by Crippen LogP contribution is 2.12. The van der Waals surface area contributed by atoms with Gasteiger partial charge in [0.1, 0.15) is 13.2 Å². The molecule has 0 bridgehead atoms. The first-order valence-corrected chi connectivity index (χ1v) is 24.9. The molecule has 0 radical (unpaired) electrons. The summed E-state index contributed by atoms with van der Waals surface area (Å²) in [5.74, 6) is -0.983. The number of hydrogen-bond donors (Lipinski definition) is 0. The van der Waals surface area contributed by atoms with E-state index in [-0.39, 0.29) is 37.5 Å². The van der Waals surface area contributed by atoms with Crippen molar-refractivity contribution in [2.45, 2.75) is 213 Å². The van der Waals surface area contributed by atoms with Gasteiger partial charge in [-0.2, -0.15) is 0 Å². The van der Waals surface area contributed by atoms with Gasteiger partial charge >= 0.3 is 17.9 Å². The van der Waals surface area contributed by atoms with E-state index in [1.54, 1.807) is 0 Å². The molecule has 0 aliphatic rings. The van der Waals surface area contributed by atoms with Gasteiger partial charge in [-0.1, -0.05) is 194 Å². The molecule has 0 spiro atoms. The Kier molecular flexibility index (Phi) is 46.6. The fourth-order valence-corrected chi connectivity index (χ4v) is 6.31. The Morgan fingerprint density at radius 2 is 0.710 bits per heavy atom. The largest absolute Gasteiger partial charge is 0.462 e. The normalized spacial score (nSPS) is 13.0. The van der Waals surface area contributed by atoms with E-state index in [1.807, 2.05) is 0 Å². The van der Waals surface area contributed by atoms with E-state index in [4.69, 9.17) is 14.2 Å². The monoisotopic (exact) mass is 859 g/mol. The second kappa shape index (κ2) is 49.7. The van der Waals surface area contributed by atoms with Crippen molar-refractivity contribution in [2.75, 3.05) is 13.2 Å². The highest BCUT2D eigenvalue weighted by Gasteiger charge is 2.19. The average molecular weight is 859 g/mol. The Labute approximate surface area is 380 Å². The van der Waals surface area contributed by atoms with Gasteiger partial charge in [0.25, 0.3) is 0 Å². The van der Waals surface area contributed by atoms with Crippen molar-refractivity contribution in [3.05, 3.63) is 109 Å². The minimum absolute atomic E-state index is 0.107. The number of hydrogen-bond acceptors (Lipinski definition) is 6. The average Bonchev–Trinajstić information content (AvgIpc) is 3.27. The van der Waals surface area contributed by atoms with E-state index in [2.05, 4.69) is 130 Å². The van der Waals surface area contributed by atoms with Gasteiger partial charge < -0.3 is 14.2 Å². The molecule has 0 rings (SSSR count). The van der Waals surface area contributed by atoms with Gasteiger partial charge in [-0.3, -0.25) is 14.4 Å². The second-order valence-electron chi connectivity index (χ2n) is 16.1. The molecule has 1 unspecified atom stereocenters. The van der Waals surface area contributed by atoms with Crippen LogP contribution in [0.25, 0.3) is 0 Å². The topological polar surface area (TPSA) is 78.9 Å². The Hall–Kier alpha value is -3.93. The summed E-state index contributed by atoms with van der Waals surface area (Å²) in [6.07, 6.45) is 66.4. The van der Waals surface area contributed by atoms with E-state index < -0.39 is 6.10 Å². The van der Waals surface area contributed by atoms with Crippen LogP contribution in [0.1, 0.15) is 207 Å². The van der Waals surface area contributed by atoms with Crippen LogP contribution in [-0.4, -0.2) is 37.2 Å². The Bertz CT molecular complexity index is 1310. The van der Waals surface area contributed by atoms with Crippen molar-refractivity contribution in [1.29, 1.82) is 0 Å². The number of esters is 3. The van der Waals surface area contributed by atoms with Gasteiger partial charge in [-0.15, -0.1) is 0 Å². The summed E-state index contributed by atoms with van der Waals surface area (Å²) in [4.78, 5) is 37.9. The third-order valence-electron chi connectivity index (χ3n) is 10.1. The first-order chi connectivity index (χ1) is 30.5. The molecule has 0 aromatic heterocycles. The highest BCUT2D eigenvalue weighted by molar-refractivity contribution is 5.71. The maximum atomic E-state index is 12.8. The summed E-state index contributed by atoms with van der Waals surface area (Å²) in [6.45, 7) is 6.36. The maximum Gasteiger partial charge on any atom is 0.306 e. The predicted molar refractivity (Wildman–Crippen MR) is 265 cm³/mol. The predicted octanol–water partition coefficient (Wildman–Crippen LogP) is 16.4. The number of ether oxygens (including phenoxy) is 3. The van der Waals surface area contributed by atoms with E-state index in [1.165, 1.54) is 32.1 Å². The fraction of sp³-hybridized carbons (Fsp3) is 0.625. The van der Waals surface area contributed by atoms with Crippen LogP contribution in [0.2, 0.25) is 0 Å². The molecular formula is C56H90O6. The summed E-state index contributed by atoms with van der Waals surface area (Å²) in [6, 6.07) is 0. The molecular weight excluding hydrogens is 769 g/mol. The molecule has 0 N–H and O–H groups in total. The third kappa shape index (κ3) is 47.1. The SMILES string of the molecule is CC/C=C\C/C=C\C/C=C\C/C=C\CCCCCC(=O)OC(COC(=O)CCCCCC/C=C\CCCC)COC(=O)CCCCCCC\C=C/C=C\C=C/C=C\CCCCC. The van der Waals surface area contributed by atoms with Crippen LogP contribution in [-0.2, 0) is 28.6 Å². The Morgan fingerprint density at radius 3 is 1.21 bits per heavy atom. The fourth-order valence-electron chi connectivity index (χ4n) is 6.31. The maximum absolute atomic E-state index is 12.8. The van der Waals surface area contributed by atoms with E-state index in [9.17, 15) is 14.4 Å². The molecule has 0 fully saturated rings. The molecule has 1 atom stereocenters. The zero-order valence-electron chi connectivity index (χ0n) is 39.8. The van der Waals surface area contributed by atoms with Crippen molar-refractivity contribution in [3.63, 3.8) is 0 Å². The lowest BCUT2D eigenvalue weighted by Gasteiger charge is -2.18. The van der Waals surface area contributed by atoms with Gasteiger partial charge in [0.2, 0.25) is 0 Å². The van der Waals surface area contributed by atoms with Gasteiger partial charge in [0.05, 0.1) is 0 Å². The van der Waals surface area contributed by atoms with Gasteiger partial charge in [-0.25, -0.2) is 0 Å². The molecule has 0 amide bonds. The van der Waals surface area contributed by atoms with E-state index >= 15 is 0 Å². The molecule has 0 aliphatic heterocycles. The number of allylic oxidation sites excluding steroid dienone is 18. The smallest absolute Gasteiger partial charge is 0.306 e. The zero-order valence-corrected chi connectivity index (χ0v) is 39.8. The summed E-state index contributed by atoms with van der Waals surface area (Å²) in [5, 5.41) is 0. The molecule has 350 valence electrons. The lowest BCUT2D eigenvalue weighted by atomic mass is 10.1. The van der Waals surface area contributed by atoms with Crippen LogP contribution in [0.15, 0.2) is 109 Å². The van der Waals surface area contributed by atoms with Crippen LogP contribution in [0.3, 0.4) is 0 Å². The molecule has 0 heterocycles. The lowest BCUT2D eigenvalue weighted by Crippen LogP contribution is -2.30. The number of carbonyl (C=O) groups is 3. The molecule has 0 aromatic rings. The number of unbranched alkanes of at least 4 members (excludes halogenated alkanes) is 17. The number of rotatable bonds is 43. The molecule has 0 aliphatic carbocycles. The van der Waals surface area contributed by atoms with Crippen molar-refractivity contribution in [3.8, 4) is 0 Å². The van der Waals surface area contributed by atoms with Gasteiger partial charge in [0.15, 0.2) is 6.10 Å². The van der Waals surface area contributed by atoms with Crippen molar-refractivity contribution in [1.82, 2.24) is 0 Å². The Balaban J connectivity index is 4.50. The van der Waals surface area contributed by atoms with Crippen molar-refractivity contribution < 1.29 is 28.6 Å². The summed E-state index contributed by atoms with van der Waals surface area (Å²) in [7, 11) is 0. The van der Waals surface area contributed by atoms with Crippen LogP contribution in [0, 0.1) is 0 Å². The Morgan fingerprint density at radius 1 is 0.355 bits per heavy atom. The highest BCUT2D eigenvalue weighted by atomic mass is 16.6. The van der Waals surface area contributed by atoms with Gasteiger partial charge in [-0.05, 0) is 103 Å². The van der Waals surface area contributed by atoms with Crippen molar-refractivity contribution in [2.24, 2.45) is 0 Å². The molecule has 0 saturated carbocycles.